The van der Waals surface area contributed by atoms with Crippen LogP contribution in [0.25, 0.3) is 11.1 Å². The van der Waals surface area contributed by atoms with Crippen molar-refractivity contribution in [2.24, 2.45) is 5.73 Å². The number of nitrogens with zero attached hydrogens (tertiary/aromatic N) is 1. The van der Waals surface area contributed by atoms with Gasteiger partial charge in [-0.05, 0) is 73.7 Å². The monoisotopic (exact) mass is 658 g/mol. The van der Waals surface area contributed by atoms with E-state index in [9.17, 15) is 21.9 Å². The number of ether oxygens (including phenoxy) is 2. The van der Waals surface area contributed by atoms with Crippen LogP contribution in [0.5, 0.6) is 5.75 Å². The van der Waals surface area contributed by atoms with Gasteiger partial charge in [0.05, 0.1) is 22.0 Å². The molecule has 45 heavy (non-hydrogen) atoms. The first-order valence-corrected chi connectivity index (χ1v) is 18.0. The Kier molecular flexibility index (Phi) is 10.3. The van der Waals surface area contributed by atoms with Crippen LogP contribution in [0.4, 0.5) is 0 Å². The lowest BCUT2D eigenvalue weighted by molar-refractivity contribution is -0.0312. The average molecular weight is 659 g/mol. The predicted molar refractivity (Wildman–Crippen MR) is 172 cm³/mol. The minimum atomic E-state index is -3.70. The van der Waals surface area contributed by atoms with Gasteiger partial charge in [-0.1, -0.05) is 42.5 Å². The SMILES string of the molecule is CNS(=O)(=O)c1cccc(OC[C@@H](O)CNC2COC3(CCN(S(=O)(=O)c4cc(-c5ccc(CN)cc5)ccc4C)CC3)C2)c1. The Hall–Kier alpha value is -2.88. The lowest BCUT2D eigenvalue weighted by atomic mass is 9.88. The Bertz CT molecular complexity index is 1690. The Morgan fingerprint density at radius 2 is 1.76 bits per heavy atom. The standard InChI is InChI=1S/C32H42N4O7S2/c1-23-6-9-26(25-10-7-24(19-33)8-11-25)16-31(23)45(40,41)36-14-12-32(13-15-36)18-27(21-43-32)35-20-28(37)22-42-29-4-3-5-30(17-29)44(38,39)34-2/h3-11,16-17,27-28,34-35,37H,12-15,18-22,33H2,1-2H3/t27?,28-/m0/s1. The van der Waals surface area contributed by atoms with E-state index in [1.165, 1.54) is 19.2 Å². The second-order valence-electron chi connectivity index (χ2n) is 11.7. The summed E-state index contributed by atoms with van der Waals surface area (Å²) in [7, 11) is -5.96. The molecule has 2 aliphatic heterocycles. The zero-order valence-electron chi connectivity index (χ0n) is 25.6. The number of hydrogen-bond acceptors (Lipinski definition) is 9. The topological polar surface area (TPSA) is 160 Å². The molecule has 13 heteroatoms. The molecule has 0 radical (unpaired) electrons. The van der Waals surface area contributed by atoms with E-state index in [0.29, 0.717) is 61.7 Å². The first-order chi connectivity index (χ1) is 21.4. The first-order valence-electron chi connectivity index (χ1n) is 15.1. The van der Waals surface area contributed by atoms with Crippen molar-refractivity contribution in [3.8, 4) is 16.9 Å². The Balaban J connectivity index is 1.12. The fraction of sp³-hybridized carbons (Fsp3) is 0.438. The van der Waals surface area contributed by atoms with Crippen molar-refractivity contribution in [1.29, 1.82) is 0 Å². The maximum Gasteiger partial charge on any atom is 0.243 e. The van der Waals surface area contributed by atoms with Gasteiger partial charge in [0, 0.05) is 38.3 Å². The van der Waals surface area contributed by atoms with E-state index in [4.69, 9.17) is 15.2 Å². The van der Waals surface area contributed by atoms with Crippen LogP contribution < -0.4 is 20.5 Å². The van der Waals surface area contributed by atoms with E-state index in [-0.39, 0.29) is 24.1 Å². The molecular formula is C32H42N4O7S2. The number of nitrogens with one attached hydrogen (secondary N) is 2. The van der Waals surface area contributed by atoms with Crippen LogP contribution in [0.3, 0.4) is 0 Å². The molecule has 244 valence electrons. The van der Waals surface area contributed by atoms with E-state index < -0.39 is 31.8 Å². The number of hydrogen-bond donors (Lipinski definition) is 4. The van der Waals surface area contributed by atoms with Crippen molar-refractivity contribution in [2.75, 3.05) is 39.9 Å². The normalized spacial score (nSPS) is 19.5. The highest BCUT2D eigenvalue weighted by molar-refractivity contribution is 7.89. The molecule has 0 saturated carbocycles. The van der Waals surface area contributed by atoms with Crippen molar-refractivity contribution in [3.05, 3.63) is 77.9 Å². The smallest absolute Gasteiger partial charge is 0.243 e. The third-order valence-electron chi connectivity index (χ3n) is 8.64. The quantitative estimate of drug-likeness (QED) is 0.229. The third kappa shape index (κ3) is 7.75. The molecule has 5 rings (SSSR count). The zero-order valence-corrected chi connectivity index (χ0v) is 27.2. The summed E-state index contributed by atoms with van der Waals surface area (Å²) in [6.45, 7) is 3.72. The summed E-state index contributed by atoms with van der Waals surface area (Å²) < 4.78 is 67.3. The van der Waals surface area contributed by atoms with E-state index in [1.807, 2.05) is 43.3 Å². The van der Waals surface area contributed by atoms with Gasteiger partial charge in [0.1, 0.15) is 18.5 Å². The van der Waals surface area contributed by atoms with E-state index in [2.05, 4.69) is 10.0 Å². The molecule has 2 atom stereocenters. The van der Waals surface area contributed by atoms with Crippen molar-refractivity contribution in [1.82, 2.24) is 14.3 Å². The Labute approximate surface area is 265 Å². The third-order valence-corrected chi connectivity index (χ3v) is 12.1. The summed E-state index contributed by atoms with van der Waals surface area (Å²) in [5.41, 5.74) is 8.80. The summed E-state index contributed by atoms with van der Waals surface area (Å²) in [5, 5.41) is 13.8. The van der Waals surface area contributed by atoms with Gasteiger partial charge in [0.25, 0.3) is 0 Å². The van der Waals surface area contributed by atoms with Crippen LogP contribution in [0, 0.1) is 6.92 Å². The van der Waals surface area contributed by atoms with Crippen LogP contribution in [0.2, 0.25) is 0 Å². The summed E-state index contributed by atoms with van der Waals surface area (Å²) in [6.07, 6.45) is 1.06. The Morgan fingerprint density at radius 1 is 1.04 bits per heavy atom. The molecule has 5 N–H and O–H groups in total. The number of sulfonamides is 2. The number of aliphatic hydroxyl groups is 1. The highest BCUT2D eigenvalue weighted by Gasteiger charge is 2.45. The molecule has 3 aromatic rings. The molecule has 0 aliphatic carbocycles. The molecule has 1 spiro atoms. The molecule has 1 unspecified atom stereocenters. The van der Waals surface area contributed by atoms with E-state index in [0.717, 1.165) is 16.7 Å². The van der Waals surface area contributed by atoms with Gasteiger partial charge in [-0.15, -0.1) is 0 Å². The molecule has 3 aromatic carbocycles. The largest absolute Gasteiger partial charge is 0.491 e. The fourth-order valence-electron chi connectivity index (χ4n) is 5.89. The molecule has 2 saturated heterocycles. The highest BCUT2D eigenvalue weighted by atomic mass is 32.2. The molecule has 2 fully saturated rings. The molecule has 11 nitrogen and oxygen atoms in total. The van der Waals surface area contributed by atoms with Gasteiger partial charge >= 0.3 is 0 Å². The second-order valence-corrected chi connectivity index (χ2v) is 15.5. The summed E-state index contributed by atoms with van der Waals surface area (Å²) in [4.78, 5) is 0.400. The summed E-state index contributed by atoms with van der Waals surface area (Å²) in [6, 6.07) is 19.5. The van der Waals surface area contributed by atoms with Gasteiger partial charge in [-0.2, -0.15) is 4.31 Å². The number of piperidine rings is 1. The number of benzene rings is 3. The number of nitrogens with two attached hydrogens (primary N) is 1. The van der Waals surface area contributed by atoms with E-state index >= 15 is 0 Å². The van der Waals surface area contributed by atoms with Crippen LogP contribution >= 0.6 is 0 Å². The molecule has 0 aromatic heterocycles. The predicted octanol–water partition coefficient (Wildman–Crippen LogP) is 2.37. The van der Waals surface area contributed by atoms with Gasteiger partial charge in [0.15, 0.2) is 0 Å². The van der Waals surface area contributed by atoms with Gasteiger partial charge < -0.3 is 25.6 Å². The maximum atomic E-state index is 13.8. The summed E-state index contributed by atoms with van der Waals surface area (Å²) >= 11 is 0. The van der Waals surface area contributed by atoms with Gasteiger partial charge in [0.2, 0.25) is 20.0 Å². The van der Waals surface area contributed by atoms with Crippen LogP contribution in [0.1, 0.15) is 30.4 Å². The van der Waals surface area contributed by atoms with Crippen LogP contribution in [0.15, 0.2) is 76.5 Å². The van der Waals surface area contributed by atoms with E-state index in [1.54, 1.807) is 22.5 Å². The van der Waals surface area contributed by atoms with Crippen LogP contribution in [-0.2, 0) is 31.3 Å². The average Bonchev–Trinajstić information content (AvgIpc) is 3.45. The zero-order chi connectivity index (χ0) is 32.2. The summed E-state index contributed by atoms with van der Waals surface area (Å²) in [5.74, 6) is 0.346. The van der Waals surface area contributed by atoms with Crippen molar-refractivity contribution >= 4 is 20.0 Å². The number of aryl methyl sites for hydroxylation is 1. The first kappa shape index (κ1) is 33.5. The highest BCUT2D eigenvalue weighted by Crippen LogP contribution is 2.38. The molecule has 0 amide bonds. The van der Waals surface area contributed by atoms with Crippen molar-refractivity contribution in [3.63, 3.8) is 0 Å². The second kappa shape index (κ2) is 13.9. The van der Waals surface area contributed by atoms with Crippen molar-refractivity contribution in [2.45, 2.75) is 60.3 Å². The number of rotatable bonds is 12. The minimum absolute atomic E-state index is 0.0106. The lowest BCUT2D eigenvalue weighted by Gasteiger charge is -2.38. The van der Waals surface area contributed by atoms with Crippen LogP contribution in [-0.4, -0.2) is 83.9 Å². The molecule has 0 bridgehead atoms. The van der Waals surface area contributed by atoms with Crippen molar-refractivity contribution < 1.29 is 31.4 Å². The molecule has 2 aliphatic rings. The maximum absolute atomic E-state index is 13.8. The fourth-order valence-corrected chi connectivity index (χ4v) is 8.35. The number of aliphatic hydroxyl groups excluding tert-OH is 1. The Morgan fingerprint density at radius 3 is 2.44 bits per heavy atom. The minimum Gasteiger partial charge on any atom is -0.491 e. The lowest BCUT2D eigenvalue weighted by Crippen LogP contribution is -2.47. The molecular weight excluding hydrogens is 617 g/mol. The van der Waals surface area contributed by atoms with Gasteiger partial charge in [-0.25, -0.2) is 21.6 Å². The van der Waals surface area contributed by atoms with Gasteiger partial charge in [-0.3, -0.25) is 0 Å². The molecule has 2 heterocycles.